The van der Waals surface area contributed by atoms with E-state index in [2.05, 4.69) is 48.2 Å². The second-order valence-corrected chi connectivity index (χ2v) is 10.3. The van der Waals surface area contributed by atoms with Gasteiger partial charge in [0, 0.05) is 71.8 Å². The van der Waals surface area contributed by atoms with Crippen LogP contribution in [0.25, 0.3) is 0 Å². The average molecular weight is 470 g/mol. The van der Waals surface area contributed by atoms with Crippen molar-refractivity contribution in [3.8, 4) is 0 Å². The zero-order valence-electron chi connectivity index (χ0n) is 19.3. The molecule has 1 spiro atoms. The second-order valence-electron chi connectivity index (χ2n) is 8.19. The molecule has 0 atom stereocenters. The molecule has 0 radical (unpaired) electrons. The van der Waals surface area contributed by atoms with Crippen molar-refractivity contribution in [2.75, 3.05) is 51.7 Å². The molecule has 3 N–H and O–H groups in total. The van der Waals surface area contributed by atoms with Gasteiger partial charge >= 0.3 is 5.97 Å². The first-order valence-electron chi connectivity index (χ1n) is 10.7. The lowest BCUT2D eigenvalue weighted by molar-refractivity contribution is -0.129. The third-order valence-electron chi connectivity index (χ3n) is 5.65. The fourth-order valence-electron chi connectivity index (χ4n) is 3.71. The van der Waals surface area contributed by atoms with Crippen LogP contribution in [0.5, 0.6) is 0 Å². The average Bonchev–Trinajstić information content (AvgIpc) is 3.16. The molecular formula is C21H35N5O5S. The fourth-order valence-corrected chi connectivity index (χ4v) is 4.82. The number of nitrogens with zero attached hydrogens (tertiary/aromatic N) is 4. The molecule has 32 heavy (non-hydrogen) atoms. The zero-order valence-corrected chi connectivity index (χ0v) is 20.1. The summed E-state index contributed by atoms with van der Waals surface area (Å²) in [6, 6.07) is 8.52. The molecule has 2 aliphatic heterocycles. The van der Waals surface area contributed by atoms with E-state index in [1.165, 1.54) is 34.0 Å². The minimum atomic E-state index is -3.42. The maximum atomic E-state index is 11.9. The van der Waals surface area contributed by atoms with Gasteiger partial charge in [-0.3, -0.25) is 0 Å². The van der Waals surface area contributed by atoms with E-state index in [0.717, 1.165) is 13.1 Å². The lowest BCUT2D eigenvalue weighted by atomic mass is 9.88. The van der Waals surface area contributed by atoms with Gasteiger partial charge in [0.25, 0.3) is 10.2 Å². The Morgan fingerprint density at radius 2 is 1.97 bits per heavy atom. The van der Waals surface area contributed by atoms with Crippen LogP contribution in [0.3, 0.4) is 0 Å². The number of nitrogens with two attached hydrogens (primary N) is 1. The van der Waals surface area contributed by atoms with Crippen molar-refractivity contribution in [1.29, 1.82) is 0 Å². The van der Waals surface area contributed by atoms with Crippen LogP contribution in [0.2, 0.25) is 0 Å². The molecule has 1 aromatic rings. The number of hydrogen-bond acceptors (Lipinski definition) is 7. The van der Waals surface area contributed by atoms with Crippen molar-refractivity contribution in [2.24, 2.45) is 10.9 Å². The molecule has 1 fully saturated rings. The minimum absolute atomic E-state index is 0.00363. The van der Waals surface area contributed by atoms with Gasteiger partial charge in [-0.2, -0.15) is 17.0 Å². The summed E-state index contributed by atoms with van der Waals surface area (Å²) in [6.07, 6.45) is 1.12. The summed E-state index contributed by atoms with van der Waals surface area (Å²) in [5.74, 6) is -1.08. The molecule has 0 saturated carbocycles. The van der Waals surface area contributed by atoms with Gasteiger partial charge in [-0.25, -0.2) is 4.79 Å². The highest BCUT2D eigenvalue weighted by molar-refractivity contribution is 7.86. The quantitative estimate of drug-likeness (QED) is 0.615. The number of carboxylic acid groups (broad SMARTS) is 1. The number of carboxylic acids is 1. The molecule has 2 heterocycles. The van der Waals surface area contributed by atoms with Crippen LogP contribution >= 0.6 is 0 Å². The lowest BCUT2D eigenvalue weighted by Gasteiger charge is -2.37. The minimum Gasteiger partial charge on any atom is -0.477 e. The summed E-state index contributed by atoms with van der Waals surface area (Å²) in [7, 11) is -0.452. The fraction of sp³-hybridized carbons (Fsp3) is 0.619. The van der Waals surface area contributed by atoms with Crippen LogP contribution in [0.15, 0.2) is 29.4 Å². The van der Waals surface area contributed by atoms with E-state index in [0.29, 0.717) is 32.5 Å². The number of oxime groups is 1. The van der Waals surface area contributed by atoms with Gasteiger partial charge in [0.1, 0.15) is 5.60 Å². The first kappa shape index (κ1) is 26.0. The Hall–Kier alpha value is -2.21. The van der Waals surface area contributed by atoms with Crippen molar-refractivity contribution in [1.82, 2.24) is 8.61 Å². The van der Waals surface area contributed by atoms with E-state index >= 15 is 0 Å². The molecule has 1 aromatic carbocycles. The number of hydrogen-bond donors (Lipinski definition) is 2. The van der Waals surface area contributed by atoms with Gasteiger partial charge in [0.05, 0.1) is 0 Å². The number of rotatable bonds is 7. The summed E-state index contributed by atoms with van der Waals surface area (Å²) >= 11 is 0. The van der Waals surface area contributed by atoms with E-state index in [-0.39, 0.29) is 12.1 Å². The van der Waals surface area contributed by atoms with Crippen LogP contribution in [0.1, 0.15) is 31.7 Å². The lowest BCUT2D eigenvalue weighted by Crippen LogP contribution is -2.50. The van der Waals surface area contributed by atoms with Crippen LogP contribution in [-0.2, 0) is 19.8 Å². The molecule has 0 bridgehead atoms. The number of anilines is 1. The molecule has 0 unspecified atom stereocenters. The summed E-state index contributed by atoms with van der Waals surface area (Å²) in [5.41, 5.74) is 7.47. The Balaban J connectivity index is 0.000000244. The van der Waals surface area contributed by atoms with Crippen LogP contribution in [-0.4, -0.2) is 86.2 Å². The molecule has 0 aromatic heterocycles. The Morgan fingerprint density at radius 1 is 1.31 bits per heavy atom. The molecular weight excluding hydrogens is 434 g/mol. The van der Waals surface area contributed by atoms with Gasteiger partial charge in [-0.05, 0) is 31.5 Å². The van der Waals surface area contributed by atoms with Crippen LogP contribution < -0.4 is 10.6 Å². The zero-order chi connectivity index (χ0) is 23.9. The van der Waals surface area contributed by atoms with Crippen molar-refractivity contribution in [3.63, 3.8) is 0 Å². The molecule has 2 aliphatic rings. The highest BCUT2D eigenvalue weighted by Gasteiger charge is 2.45. The van der Waals surface area contributed by atoms with Crippen LogP contribution in [0, 0.1) is 6.92 Å². The number of likely N-dealkylation sites (N-methyl/N-ethyl adjacent to an activating group) is 1. The van der Waals surface area contributed by atoms with E-state index in [1.54, 1.807) is 0 Å². The van der Waals surface area contributed by atoms with E-state index in [1.807, 2.05) is 0 Å². The van der Waals surface area contributed by atoms with Gasteiger partial charge < -0.3 is 20.6 Å². The maximum Gasteiger partial charge on any atom is 0.353 e. The predicted molar refractivity (Wildman–Crippen MR) is 125 cm³/mol. The van der Waals surface area contributed by atoms with Gasteiger partial charge in [-0.1, -0.05) is 17.3 Å². The molecule has 11 heteroatoms. The third kappa shape index (κ3) is 6.41. The van der Waals surface area contributed by atoms with Crippen LogP contribution in [0.4, 0.5) is 5.69 Å². The monoisotopic (exact) mass is 469 g/mol. The largest absolute Gasteiger partial charge is 0.477 e. The summed E-state index contributed by atoms with van der Waals surface area (Å²) in [4.78, 5) is 18.4. The number of carbonyl (C=O) groups is 1. The van der Waals surface area contributed by atoms with Gasteiger partial charge in [0.15, 0.2) is 5.71 Å². The van der Waals surface area contributed by atoms with E-state index in [4.69, 9.17) is 15.7 Å². The molecule has 0 amide bonds. The molecule has 180 valence electrons. The summed E-state index contributed by atoms with van der Waals surface area (Å²) in [6.45, 7) is 7.53. The number of benzene rings is 1. The molecule has 10 nitrogen and oxygen atoms in total. The molecule has 1 saturated heterocycles. The van der Waals surface area contributed by atoms with Crippen molar-refractivity contribution < 1.29 is 23.2 Å². The predicted octanol–water partition coefficient (Wildman–Crippen LogP) is 1.27. The number of aliphatic carboxylic acids is 1. The van der Waals surface area contributed by atoms with Gasteiger partial charge in [-0.15, -0.1) is 0 Å². The topological polar surface area (TPSA) is 129 Å². The number of aryl methyl sites for hydroxylation is 1. The Kier molecular flexibility index (Phi) is 9.02. The third-order valence-corrected chi connectivity index (χ3v) is 7.60. The van der Waals surface area contributed by atoms with E-state index in [9.17, 15) is 13.2 Å². The number of piperidine rings is 1. The Labute approximate surface area is 190 Å². The first-order valence-corrected chi connectivity index (χ1v) is 12.1. The van der Waals surface area contributed by atoms with Crippen molar-refractivity contribution in [2.45, 2.75) is 38.7 Å². The van der Waals surface area contributed by atoms with Crippen molar-refractivity contribution >= 4 is 27.6 Å². The second kappa shape index (κ2) is 11.1. The normalized spacial score (nSPS) is 18.0. The SMILES string of the molecule is CCN(CCN)c1cccc(C)c1.CN(C)S(=O)(=O)N1CCC2(CC1)CC(C(=O)O)=NO2. The van der Waals surface area contributed by atoms with E-state index < -0.39 is 21.8 Å². The highest BCUT2D eigenvalue weighted by atomic mass is 32.2. The Morgan fingerprint density at radius 3 is 2.44 bits per heavy atom. The van der Waals surface area contributed by atoms with Crippen molar-refractivity contribution in [3.05, 3.63) is 29.8 Å². The smallest absolute Gasteiger partial charge is 0.353 e. The molecule has 0 aliphatic carbocycles. The summed E-state index contributed by atoms with van der Waals surface area (Å²) < 4.78 is 26.4. The van der Waals surface area contributed by atoms with Gasteiger partial charge in [0.2, 0.25) is 0 Å². The summed E-state index contributed by atoms with van der Waals surface area (Å²) in [5, 5.41) is 12.4. The first-order chi connectivity index (χ1) is 15.0. The Bertz CT molecular complexity index is 911. The molecule has 3 rings (SSSR count). The standard InChI is InChI=1S/C11H18N2.C10H17N3O5S/c1-3-13(8-7-12)11-6-4-5-10(2)9-11;1-12(2)19(16,17)13-5-3-10(4-6-13)7-8(9(14)15)11-18-10/h4-6,9H,3,7-8,12H2,1-2H3;3-7H2,1-2H3,(H,14,15). The highest BCUT2D eigenvalue weighted by Crippen LogP contribution is 2.35. The maximum absolute atomic E-state index is 11.9.